The van der Waals surface area contributed by atoms with Gasteiger partial charge in [-0.05, 0) is 34.4 Å². The molecule has 3 aromatic heterocycles. The van der Waals surface area contributed by atoms with Gasteiger partial charge in [0.2, 0.25) is 5.96 Å². The first-order valence-corrected chi connectivity index (χ1v) is 8.64. The van der Waals surface area contributed by atoms with Crippen LogP contribution in [-0.2, 0) is 4.57 Å². The molecular formula is C15H14N6O2P+. The van der Waals surface area contributed by atoms with Gasteiger partial charge in [0.05, 0.1) is 6.20 Å². The lowest BCUT2D eigenvalue weighted by Crippen LogP contribution is -2.24. The van der Waals surface area contributed by atoms with E-state index in [0.29, 0.717) is 0 Å². The predicted molar refractivity (Wildman–Crippen MR) is 90.2 cm³/mol. The van der Waals surface area contributed by atoms with Gasteiger partial charge in [0, 0.05) is 30.4 Å². The fourth-order valence-corrected chi connectivity index (χ4v) is 2.90. The van der Waals surface area contributed by atoms with E-state index in [1.165, 1.54) is 21.9 Å². The molecule has 2 N–H and O–H groups in total. The maximum atomic E-state index is 12.4. The van der Waals surface area contributed by atoms with Gasteiger partial charge in [0.25, 0.3) is 0 Å². The number of nitrogens with zero attached hydrogens (tertiary/aromatic N) is 5. The molecule has 8 nitrogen and oxygen atoms in total. The number of aromatic nitrogens is 4. The maximum absolute atomic E-state index is 12.4. The second-order valence-corrected chi connectivity index (χ2v) is 6.24. The summed E-state index contributed by atoms with van der Waals surface area (Å²) in [6.07, 6.45) is 8.05. The van der Waals surface area contributed by atoms with Gasteiger partial charge in [-0.15, -0.1) is 4.34 Å². The average molecular weight is 341 g/mol. The Bertz CT molecular complexity index is 915. The van der Waals surface area contributed by atoms with Gasteiger partial charge in [-0.2, -0.15) is 10.1 Å². The molecule has 120 valence electrons. The van der Waals surface area contributed by atoms with E-state index in [9.17, 15) is 9.36 Å². The summed E-state index contributed by atoms with van der Waals surface area (Å²) < 4.78 is 14.7. The fourth-order valence-electron chi connectivity index (χ4n) is 2.16. The van der Waals surface area contributed by atoms with Gasteiger partial charge < -0.3 is 5.73 Å². The highest BCUT2D eigenvalue weighted by Crippen LogP contribution is 2.29. The number of aliphatic imine (C=N–C) groups is 1. The zero-order chi connectivity index (χ0) is 17.1. The van der Waals surface area contributed by atoms with E-state index in [2.05, 4.69) is 15.1 Å². The van der Waals surface area contributed by atoms with Crippen LogP contribution in [0.4, 0.5) is 0 Å². The number of hydrogen-bond donors (Lipinski definition) is 1. The average Bonchev–Trinajstić information content (AvgIpc) is 3.25. The van der Waals surface area contributed by atoms with Crippen LogP contribution in [-0.4, -0.2) is 37.6 Å². The van der Waals surface area contributed by atoms with Crippen molar-refractivity contribution >= 4 is 19.8 Å². The Morgan fingerprint density at radius 2 is 2.00 bits per heavy atom. The largest absolute Gasteiger partial charge is 0.463 e. The standard InChI is InChI=1S/C15H13N6O2P/c1-24(23)21-10-12(11-3-6-17-7-4-11)9-13(21)14(22)19-15(16)20-8-2-5-18-20/h2-10H,1H3,(H-,16,19,22)/p+1. The number of nitrogens with two attached hydrogens (primary N) is 1. The third-order valence-electron chi connectivity index (χ3n) is 3.29. The van der Waals surface area contributed by atoms with Gasteiger partial charge in [0.15, 0.2) is 12.4 Å². The molecule has 0 aromatic carbocycles. The minimum absolute atomic E-state index is 0.0606. The summed E-state index contributed by atoms with van der Waals surface area (Å²) in [5, 5.41) is 3.91. The highest BCUT2D eigenvalue weighted by molar-refractivity contribution is 7.42. The van der Waals surface area contributed by atoms with Crippen molar-refractivity contribution in [2.24, 2.45) is 10.7 Å². The third-order valence-corrected chi connectivity index (χ3v) is 4.23. The van der Waals surface area contributed by atoms with Crippen molar-refractivity contribution in [2.45, 2.75) is 0 Å². The van der Waals surface area contributed by atoms with Crippen molar-refractivity contribution in [2.75, 3.05) is 6.66 Å². The zero-order valence-electron chi connectivity index (χ0n) is 12.8. The topological polar surface area (TPSA) is 108 Å². The SMILES string of the molecule is C[P+](=O)n1cc(-c2ccncc2)cc1C(=O)N=C(N)n1cccn1. The quantitative estimate of drug-likeness (QED) is 0.445. The Hall–Kier alpha value is -3.12. The number of carbonyl (C=O) groups excluding carboxylic acids is 1. The molecule has 0 spiro atoms. The minimum atomic E-state index is -1.79. The van der Waals surface area contributed by atoms with Crippen LogP contribution in [0.25, 0.3) is 11.1 Å². The maximum Gasteiger partial charge on any atom is 0.463 e. The molecule has 24 heavy (non-hydrogen) atoms. The third kappa shape index (κ3) is 3.13. The Morgan fingerprint density at radius 1 is 1.25 bits per heavy atom. The van der Waals surface area contributed by atoms with Crippen molar-refractivity contribution in [3.8, 4) is 11.1 Å². The Morgan fingerprint density at radius 3 is 2.62 bits per heavy atom. The van der Waals surface area contributed by atoms with Crippen molar-refractivity contribution < 1.29 is 9.36 Å². The molecular weight excluding hydrogens is 327 g/mol. The normalized spacial score (nSPS) is 12.2. The lowest BCUT2D eigenvalue weighted by atomic mass is 10.1. The summed E-state index contributed by atoms with van der Waals surface area (Å²) >= 11 is 0. The van der Waals surface area contributed by atoms with Crippen molar-refractivity contribution in [1.29, 1.82) is 0 Å². The van der Waals surface area contributed by atoms with E-state index in [-0.39, 0.29) is 11.7 Å². The van der Waals surface area contributed by atoms with Crippen LogP contribution in [0, 0.1) is 0 Å². The first-order valence-electron chi connectivity index (χ1n) is 6.98. The summed E-state index contributed by atoms with van der Waals surface area (Å²) in [6, 6.07) is 6.91. The van der Waals surface area contributed by atoms with E-state index >= 15 is 0 Å². The molecule has 0 aliphatic heterocycles. The lowest BCUT2D eigenvalue weighted by molar-refractivity contribution is 0.0997. The highest BCUT2D eigenvalue weighted by atomic mass is 31.1. The second-order valence-electron chi connectivity index (χ2n) is 4.88. The summed E-state index contributed by atoms with van der Waals surface area (Å²) in [5.41, 5.74) is 7.56. The molecule has 3 aromatic rings. The zero-order valence-corrected chi connectivity index (χ0v) is 13.7. The summed E-state index contributed by atoms with van der Waals surface area (Å²) in [6.45, 7) is 1.52. The molecule has 0 saturated carbocycles. The van der Waals surface area contributed by atoms with Crippen LogP contribution in [0.3, 0.4) is 0 Å². The van der Waals surface area contributed by atoms with Crippen molar-refractivity contribution in [1.82, 2.24) is 19.1 Å². The first kappa shape index (κ1) is 15.8. The molecule has 3 heterocycles. The van der Waals surface area contributed by atoms with Crippen molar-refractivity contribution in [3.63, 3.8) is 0 Å². The van der Waals surface area contributed by atoms with Gasteiger partial charge >= 0.3 is 13.9 Å². The minimum Gasteiger partial charge on any atom is -0.368 e. The Balaban J connectivity index is 2.00. The monoisotopic (exact) mass is 341 g/mol. The molecule has 1 amide bonds. The molecule has 0 bridgehead atoms. The molecule has 0 aliphatic rings. The number of hydrogen-bond acceptors (Lipinski definition) is 4. The smallest absolute Gasteiger partial charge is 0.368 e. The first-order chi connectivity index (χ1) is 11.6. The molecule has 0 saturated heterocycles. The van der Waals surface area contributed by atoms with Crippen LogP contribution >= 0.6 is 7.95 Å². The number of pyridine rings is 1. The van der Waals surface area contributed by atoms with E-state index in [1.54, 1.807) is 49.1 Å². The molecule has 3 rings (SSSR count). The number of rotatable bonds is 3. The van der Waals surface area contributed by atoms with E-state index in [0.717, 1.165) is 11.1 Å². The molecule has 1 unspecified atom stereocenters. The fraction of sp³-hybridized carbons (Fsp3) is 0.0667. The number of carbonyl (C=O) groups is 1. The number of amides is 1. The van der Waals surface area contributed by atoms with Gasteiger partial charge in [-0.3, -0.25) is 9.78 Å². The molecule has 9 heteroatoms. The molecule has 0 fully saturated rings. The molecule has 1 atom stereocenters. The van der Waals surface area contributed by atoms with Gasteiger partial charge in [-0.1, -0.05) is 0 Å². The van der Waals surface area contributed by atoms with Crippen molar-refractivity contribution in [3.05, 3.63) is 60.9 Å². The van der Waals surface area contributed by atoms with Crippen LogP contribution in [0.15, 0.2) is 60.2 Å². The van der Waals surface area contributed by atoms with E-state index < -0.39 is 13.9 Å². The molecule has 0 radical (unpaired) electrons. The summed E-state index contributed by atoms with van der Waals surface area (Å²) in [7, 11) is -1.79. The van der Waals surface area contributed by atoms with Crippen LogP contribution in [0.1, 0.15) is 10.5 Å². The van der Waals surface area contributed by atoms with Crippen LogP contribution < -0.4 is 5.73 Å². The lowest BCUT2D eigenvalue weighted by Gasteiger charge is -1.98. The van der Waals surface area contributed by atoms with E-state index in [4.69, 9.17) is 5.73 Å². The van der Waals surface area contributed by atoms with E-state index in [1.807, 2.05) is 0 Å². The Kier molecular flexibility index (Phi) is 4.31. The van der Waals surface area contributed by atoms with Crippen LogP contribution in [0.2, 0.25) is 0 Å². The Labute approximate surface area is 138 Å². The molecule has 0 aliphatic carbocycles. The van der Waals surface area contributed by atoms with Gasteiger partial charge in [0.1, 0.15) is 0 Å². The van der Waals surface area contributed by atoms with Gasteiger partial charge in [-0.25, -0.2) is 4.68 Å². The second kappa shape index (κ2) is 6.55. The van der Waals surface area contributed by atoms with Crippen LogP contribution in [0.5, 0.6) is 0 Å². The summed E-state index contributed by atoms with van der Waals surface area (Å²) in [5.74, 6) is -0.650. The highest BCUT2D eigenvalue weighted by Gasteiger charge is 2.23. The predicted octanol–water partition coefficient (Wildman–Crippen LogP) is 1.97. The summed E-state index contributed by atoms with van der Waals surface area (Å²) in [4.78, 5) is 20.2.